The van der Waals surface area contributed by atoms with Gasteiger partial charge in [0, 0.05) is 83.6 Å². The Kier molecular flexibility index (Phi) is 6.96. The molecule has 1 atom stereocenters. The van der Waals surface area contributed by atoms with Crippen molar-refractivity contribution in [2.45, 2.75) is 26.0 Å². The van der Waals surface area contributed by atoms with Crippen LogP contribution in [0, 0.1) is 0 Å². The summed E-state index contributed by atoms with van der Waals surface area (Å²) in [6, 6.07) is 13.2. The Labute approximate surface area is 222 Å². The quantitative estimate of drug-likeness (QED) is 0.576. The maximum Gasteiger partial charge on any atom is 0.268 e. The van der Waals surface area contributed by atoms with Crippen LogP contribution in [-0.2, 0) is 20.9 Å². The molecule has 10 nitrogen and oxygen atoms in total. The van der Waals surface area contributed by atoms with Crippen molar-refractivity contribution in [3.63, 3.8) is 0 Å². The van der Waals surface area contributed by atoms with Crippen molar-refractivity contribution in [1.82, 2.24) is 14.7 Å². The third kappa shape index (κ3) is 5.03. The number of carbonyl (C=O) groups is 4. The zero-order chi connectivity index (χ0) is 27.0. The molecule has 3 heterocycles. The summed E-state index contributed by atoms with van der Waals surface area (Å²) in [6.07, 6.45) is -0.0552. The minimum atomic E-state index is -0.599. The normalized spacial score (nSPS) is 19.2. The highest BCUT2D eigenvalue weighted by atomic mass is 16.5. The van der Waals surface area contributed by atoms with Gasteiger partial charge in [-0.3, -0.25) is 19.2 Å². The molecule has 3 aliphatic rings. The lowest BCUT2D eigenvalue weighted by Gasteiger charge is -2.35. The molecule has 2 fully saturated rings. The van der Waals surface area contributed by atoms with Crippen LogP contribution in [0.2, 0.25) is 0 Å². The molecule has 0 spiro atoms. The lowest BCUT2D eigenvalue weighted by atomic mass is 10.1. The number of piperazine rings is 1. The summed E-state index contributed by atoms with van der Waals surface area (Å²) in [4.78, 5) is 58.5. The zero-order valence-electron chi connectivity index (χ0n) is 22.1. The van der Waals surface area contributed by atoms with Crippen LogP contribution >= 0.6 is 0 Å². The molecular weight excluding hydrogens is 486 g/mol. The first kappa shape index (κ1) is 25.6. The van der Waals surface area contributed by atoms with Crippen molar-refractivity contribution in [2.75, 3.05) is 63.2 Å². The molecule has 0 aliphatic carbocycles. The SMILES string of the molecule is CC(=O)N1CCN(c2ccc(OC3CCN(c4ccc5c(c4)C(=O)N(CC(=O)N(C)C)C5)C3=O)cc2)CC1. The number of hydrogen-bond acceptors (Lipinski definition) is 6. The molecule has 2 saturated heterocycles. The second-order valence-corrected chi connectivity index (χ2v) is 10.2. The average molecular weight is 520 g/mol. The molecule has 0 aromatic heterocycles. The van der Waals surface area contributed by atoms with Crippen LogP contribution in [0.15, 0.2) is 42.5 Å². The molecule has 0 bridgehead atoms. The van der Waals surface area contributed by atoms with Gasteiger partial charge in [0.25, 0.3) is 11.8 Å². The van der Waals surface area contributed by atoms with E-state index in [4.69, 9.17) is 4.74 Å². The first-order valence-electron chi connectivity index (χ1n) is 12.9. The number of carbonyl (C=O) groups excluding carboxylic acids is 4. The van der Waals surface area contributed by atoms with E-state index in [1.807, 2.05) is 41.3 Å². The lowest BCUT2D eigenvalue weighted by molar-refractivity contribution is -0.130. The number of fused-ring (bicyclic) bond motifs is 1. The Morgan fingerprint density at radius 3 is 2.29 bits per heavy atom. The zero-order valence-corrected chi connectivity index (χ0v) is 22.1. The second-order valence-electron chi connectivity index (χ2n) is 10.2. The molecule has 4 amide bonds. The van der Waals surface area contributed by atoms with Gasteiger partial charge < -0.3 is 29.2 Å². The lowest BCUT2D eigenvalue weighted by Crippen LogP contribution is -2.48. The molecule has 200 valence electrons. The number of rotatable bonds is 6. The fourth-order valence-corrected chi connectivity index (χ4v) is 5.15. The smallest absolute Gasteiger partial charge is 0.268 e. The van der Waals surface area contributed by atoms with E-state index < -0.39 is 6.10 Å². The van der Waals surface area contributed by atoms with E-state index in [0.29, 0.717) is 49.6 Å². The number of likely N-dealkylation sites (N-methyl/N-ethyl adjacent to an activating group) is 1. The number of benzene rings is 2. The highest BCUT2D eigenvalue weighted by Crippen LogP contribution is 2.31. The Morgan fingerprint density at radius 1 is 0.947 bits per heavy atom. The van der Waals surface area contributed by atoms with E-state index in [1.54, 1.807) is 32.0 Å². The Morgan fingerprint density at radius 2 is 1.63 bits per heavy atom. The summed E-state index contributed by atoms with van der Waals surface area (Å²) < 4.78 is 6.05. The van der Waals surface area contributed by atoms with E-state index >= 15 is 0 Å². The Bertz CT molecular complexity index is 1250. The molecule has 0 saturated carbocycles. The second kappa shape index (κ2) is 10.4. The van der Waals surface area contributed by atoms with Crippen molar-refractivity contribution >= 4 is 35.0 Å². The van der Waals surface area contributed by atoms with Crippen molar-refractivity contribution in [3.05, 3.63) is 53.6 Å². The number of hydrogen-bond donors (Lipinski definition) is 0. The van der Waals surface area contributed by atoms with Crippen LogP contribution in [-0.4, -0.2) is 97.8 Å². The fourth-order valence-electron chi connectivity index (χ4n) is 5.15. The van der Waals surface area contributed by atoms with Gasteiger partial charge in [0.2, 0.25) is 11.8 Å². The molecule has 1 unspecified atom stereocenters. The summed E-state index contributed by atoms with van der Waals surface area (Å²) >= 11 is 0. The summed E-state index contributed by atoms with van der Waals surface area (Å²) in [5, 5.41) is 0. The highest BCUT2D eigenvalue weighted by Gasteiger charge is 2.36. The van der Waals surface area contributed by atoms with Crippen molar-refractivity contribution in [1.29, 1.82) is 0 Å². The van der Waals surface area contributed by atoms with Crippen LogP contribution in [0.25, 0.3) is 0 Å². The van der Waals surface area contributed by atoms with Gasteiger partial charge in [0.1, 0.15) is 12.3 Å². The van der Waals surface area contributed by atoms with Gasteiger partial charge in [-0.1, -0.05) is 6.07 Å². The monoisotopic (exact) mass is 519 g/mol. The molecular formula is C28H33N5O5. The third-order valence-corrected chi connectivity index (χ3v) is 7.47. The number of amides is 4. The first-order valence-corrected chi connectivity index (χ1v) is 12.9. The standard InChI is InChI=1S/C28H33N5O5/c1-19(34)30-12-14-31(15-13-30)21-6-8-23(9-7-21)38-25-10-11-33(28(25)37)22-5-4-20-17-32(18-26(35)29(2)3)27(36)24(20)16-22/h4-9,16,25H,10-15,17-18H2,1-3H3. The average Bonchev–Trinajstić information content (AvgIpc) is 3.43. The first-order chi connectivity index (χ1) is 18.2. The summed E-state index contributed by atoms with van der Waals surface area (Å²) in [7, 11) is 3.33. The molecule has 10 heteroatoms. The third-order valence-electron chi connectivity index (χ3n) is 7.47. The minimum absolute atomic E-state index is 0.0296. The van der Waals surface area contributed by atoms with Gasteiger partial charge in [-0.05, 0) is 42.0 Å². The van der Waals surface area contributed by atoms with Crippen molar-refractivity contribution in [3.8, 4) is 5.75 Å². The van der Waals surface area contributed by atoms with Gasteiger partial charge in [-0.15, -0.1) is 0 Å². The highest BCUT2D eigenvalue weighted by molar-refractivity contribution is 6.03. The Hall–Kier alpha value is -4.08. The van der Waals surface area contributed by atoms with E-state index in [9.17, 15) is 19.2 Å². The maximum atomic E-state index is 13.2. The van der Waals surface area contributed by atoms with Gasteiger partial charge in [-0.25, -0.2) is 0 Å². The van der Waals surface area contributed by atoms with Crippen LogP contribution < -0.4 is 14.5 Å². The molecule has 0 radical (unpaired) electrons. The molecule has 0 N–H and O–H groups in total. The predicted molar refractivity (Wildman–Crippen MR) is 142 cm³/mol. The van der Waals surface area contributed by atoms with E-state index in [0.717, 1.165) is 24.3 Å². The minimum Gasteiger partial charge on any atom is -0.481 e. The van der Waals surface area contributed by atoms with Crippen LogP contribution in [0.5, 0.6) is 5.75 Å². The molecule has 38 heavy (non-hydrogen) atoms. The Balaban J connectivity index is 1.20. The van der Waals surface area contributed by atoms with Crippen molar-refractivity contribution < 1.29 is 23.9 Å². The number of ether oxygens (including phenoxy) is 1. The molecule has 2 aromatic rings. The summed E-state index contributed by atoms with van der Waals surface area (Å²) in [6.45, 7) is 5.49. The molecule has 2 aromatic carbocycles. The van der Waals surface area contributed by atoms with E-state index in [-0.39, 0.29) is 30.2 Å². The van der Waals surface area contributed by atoms with E-state index in [1.165, 1.54) is 9.80 Å². The van der Waals surface area contributed by atoms with Crippen LogP contribution in [0.4, 0.5) is 11.4 Å². The summed E-state index contributed by atoms with van der Waals surface area (Å²) in [5.74, 6) is 0.263. The van der Waals surface area contributed by atoms with E-state index in [2.05, 4.69) is 4.90 Å². The van der Waals surface area contributed by atoms with Crippen LogP contribution in [0.3, 0.4) is 0 Å². The summed E-state index contributed by atoms with van der Waals surface area (Å²) in [5.41, 5.74) is 3.11. The van der Waals surface area contributed by atoms with Gasteiger partial charge in [0.05, 0.1) is 0 Å². The van der Waals surface area contributed by atoms with Crippen LogP contribution in [0.1, 0.15) is 29.3 Å². The largest absolute Gasteiger partial charge is 0.481 e. The maximum absolute atomic E-state index is 13.2. The molecule has 3 aliphatic heterocycles. The number of nitrogens with zero attached hydrogens (tertiary/aromatic N) is 5. The molecule has 5 rings (SSSR count). The fraction of sp³-hybridized carbons (Fsp3) is 0.429. The number of anilines is 2. The predicted octanol–water partition coefficient (Wildman–Crippen LogP) is 1.58. The van der Waals surface area contributed by atoms with Gasteiger partial charge >= 0.3 is 0 Å². The van der Waals surface area contributed by atoms with Gasteiger partial charge in [0.15, 0.2) is 6.10 Å². The topological polar surface area (TPSA) is 93.7 Å². The van der Waals surface area contributed by atoms with Crippen molar-refractivity contribution in [2.24, 2.45) is 0 Å². The van der Waals surface area contributed by atoms with Gasteiger partial charge in [-0.2, -0.15) is 0 Å².